The highest BCUT2D eigenvalue weighted by molar-refractivity contribution is 6.16. The zero-order chi connectivity index (χ0) is 26.9. The SMILES string of the molecule is c1ccc2c(c1)ccc1cc(N(c3cncc4c3oc3ccccc34)c3cccc4oc5ncccc5c34)ccc12. The van der Waals surface area contributed by atoms with E-state index in [0.29, 0.717) is 5.71 Å². The topological polar surface area (TPSA) is 55.3 Å². The number of hydrogen-bond acceptors (Lipinski definition) is 5. The Morgan fingerprint density at radius 2 is 1.34 bits per heavy atom. The number of rotatable bonds is 3. The molecule has 0 spiro atoms. The number of anilines is 3. The molecule has 0 aliphatic carbocycles. The van der Waals surface area contributed by atoms with E-state index in [-0.39, 0.29) is 0 Å². The third kappa shape index (κ3) is 3.23. The van der Waals surface area contributed by atoms with Gasteiger partial charge in [-0.05, 0) is 64.0 Å². The molecule has 4 heterocycles. The Kier molecular flexibility index (Phi) is 4.55. The summed E-state index contributed by atoms with van der Waals surface area (Å²) in [7, 11) is 0. The van der Waals surface area contributed by atoms with Crippen LogP contribution in [0.15, 0.2) is 137 Å². The Balaban J connectivity index is 1.39. The maximum absolute atomic E-state index is 6.52. The molecule has 0 unspecified atom stereocenters. The smallest absolute Gasteiger partial charge is 0.227 e. The van der Waals surface area contributed by atoms with Crippen molar-refractivity contribution in [1.82, 2.24) is 9.97 Å². The van der Waals surface area contributed by atoms with Crippen LogP contribution in [-0.2, 0) is 0 Å². The highest BCUT2D eigenvalue weighted by Crippen LogP contribution is 2.46. The van der Waals surface area contributed by atoms with Gasteiger partial charge in [0.1, 0.15) is 16.9 Å². The van der Waals surface area contributed by atoms with Crippen LogP contribution in [0.1, 0.15) is 0 Å². The summed E-state index contributed by atoms with van der Waals surface area (Å²) in [5.41, 5.74) is 5.81. The molecule has 192 valence electrons. The molecule has 0 saturated carbocycles. The summed E-state index contributed by atoms with van der Waals surface area (Å²) in [4.78, 5) is 11.4. The maximum Gasteiger partial charge on any atom is 0.227 e. The molecule has 0 radical (unpaired) electrons. The van der Waals surface area contributed by atoms with E-state index in [2.05, 4.69) is 82.7 Å². The number of fused-ring (bicyclic) bond motifs is 9. The van der Waals surface area contributed by atoms with Crippen LogP contribution in [-0.4, -0.2) is 9.97 Å². The number of para-hydroxylation sites is 1. The van der Waals surface area contributed by atoms with Gasteiger partial charge < -0.3 is 13.7 Å². The Labute approximate surface area is 233 Å². The molecule has 0 amide bonds. The number of furan rings is 2. The number of hydrogen-bond donors (Lipinski definition) is 0. The van der Waals surface area contributed by atoms with Crippen molar-refractivity contribution >= 4 is 82.6 Å². The lowest BCUT2D eigenvalue weighted by atomic mass is 10.0. The minimum absolute atomic E-state index is 0.611. The summed E-state index contributed by atoms with van der Waals surface area (Å²) in [6, 6.07) is 37.7. The molecule has 9 rings (SSSR count). The first kappa shape index (κ1) is 22.2. The van der Waals surface area contributed by atoms with E-state index in [1.54, 1.807) is 6.20 Å². The molecule has 5 aromatic carbocycles. The van der Waals surface area contributed by atoms with Gasteiger partial charge in [-0.1, -0.05) is 66.7 Å². The van der Waals surface area contributed by atoms with Crippen LogP contribution < -0.4 is 4.90 Å². The lowest BCUT2D eigenvalue weighted by molar-refractivity contribution is 0.654. The van der Waals surface area contributed by atoms with Crippen molar-refractivity contribution < 1.29 is 8.83 Å². The molecular weight excluding hydrogens is 506 g/mol. The molecule has 0 aliphatic rings. The van der Waals surface area contributed by atoms with E-state index in [0.717, 1.165) is 60.7 Å². The van der Waals surface area contributed by atoms with Crippen molar-refractivity contribution in [2.75, 3.05) is 4.90 Å². The fourth-order valence-corrected chi connectivity index (χ4v) is 6.16. The van der Waals surface area contributed by atoms with Gasteiger partial charge in [-0.25, -0.2) is 4.98 Å². The van der Waals surface area contributed by atoms with E-state index < -0.39 is 0 Å². The molecule has 41 heavy (non-hydrogen) atoms. The predicted octanol–water partition coefficient (Wildman–Crippen LogP) is 10.1. The van der Waals surface area contributed by atoms with Gasteiger partial charge in [-0.2, -0.15) is 0 Å². The van der Waals surface area contributed by atoms with E-state index in [4.69, 9.17) is 13.8 Å². The van der Waals surface area contributed by atoms with Crippen LogP contribution in [0.25, 0.3) is 65.6 Å². The monoisotopic (exact) mass is 527 g/mol. The zero-order valence-electron chi connectivity index (χ0n) is 21.8. The first-order valence-electron chi connectivity index (χ1n) is 13.6. The van der Waals surface area contributed by atoms with E-state index >= 15 is 0 Å². The Morgan fingerprint density at radius 3 is 2.32 bits per heavy atom. The summed E-state index contributed by atoms with van der Waals surface area (Å²) in [5.74, 6) is 0. The second-order valence-electron chi connectivity index (χ2n) is 10.3. The van der Waals surface area contributed by atoms with Crippen molar-refractivity contribution in [2.24, 2.45) is 0 Å². The van der Waals surface area contributed by atoms with Gasteiger partial charge >= 0.3 is 0 Å². The van der Waals surface area contributed by atoms with E-state index in [1.807, 2.05) is 48.8 Å². The van der Waals surface area contributed by atoms with Crippen molar-refractivity contribution in [2.45, 2.75) is 0 Å². The summed E-state index contributed by atoms with van der Waals surface area (Å²) in [6.07, 6.45) is 5.52. The summed E-state index contributed by atoms with van der Waals surface area (Å²) < 4.78 is 12.7. The van der Waals surface area contributed by atoms with Gasteiger partial charge in [0.05, 0.1) is 22.7 Å². The third-order valence-corrected chi connectivity index (χ3v) is 7.99. The number of nitrogens with zero attached hydrogens (tertiary/aromatic N) is 3. The van der Waals surface area contributed by atoms with Crippen LogP contribution in [0.2, 0.25) is 0 Å². The van der Waals surface area contributed by atoms with Crippen molar-refractivity contribution in [3.63, 3.8) is 0 Å². The first-order chi connectivity index (χ1) is 20.3. The van der Waals surface area contributed by atoms with Gasteiger partial charge in [0.25, 0.3) is 0 Å². The van der Waals surface area contributed by atoms with Gasteiger partial charge in [-0.3, -0.25) is 4.98 Å². The maximum atomic E-state index is 6.52. The van der Waals surface area contributed by atoms with Crippen molar-refractivity contribution in [1.29, 1.82) is 0 Å². The van der Waals surface area contributed by atoms with Crippen molar-refractivity contribution in [3.8, 4) is 0 Å². The number of aromatic nitrogens is 2. The molecule has 0 fully saturated rings. The predicted molar refractivity (Wildman–Crippen MR) is 166 cm³/mol. The lowest BCUT2D eigenvalue weighted by Gasteiger charge is -2.26. The fourth-order valence-electron chi connectivity index (χ4n) is 6.16. The fraction of sp³-hybridized carbons (Fsp3) is 0. The van der Waals surface area contributed by atoms with Gasteiger partial charge in [0, 0.05) is 28.9 Å². The molecule has 4 aromatic heterocycles. The number of pyridine rings is 2. The standard InChI is InChI=1S/C36H21N3O2/c1-2-8-25-22(7-1)14-15-23-19-24(16-17-26(23)25)39(30-11-5-13-33-34(30)28-10-6-18-38-36(28)41-33)31-21-37-20-29-27-9-3-4-12-32(27)40-35(29)31/h1-21H. The average Bonchev–Trinajstić information content (AvgIpc) is 3.60. The molecule has 5 heteroatoms. The largest absolute Gasteiger partial charge is 0.454 e. The zero-order valence-corrected chi connectivity index (χ0v) is 21.8. The molecule has 0 saturated heterocycles. The summed E-state index contributed by atoms with van der Waals surface area (Å²) in [6.45, 7) is 0. The van der Waals surface area contributed by atoms with Crippen molar-refractivity contribution in [3.05, 3.63) is 128 Å². The molecule has 0 N–H and O–H groups in total. The Bertz CT molecular complexity index is 2450. The number of benzene rings is 5. The Hall–Kier alpha value is -5.68. The Morgan fingerprint density at radius 1 is 0.537 bits per heavy atom. The molecule has 5 nitrogen and oxygen atoms in total. The van der Waals surface area contributed by atoms with Crippen LogP contribution in [0.3, 0.4) is 0 Å². The average molecular weight is 528 g/mol. The molecule has 0 bridgehead atoms. The first-order valence-corrected chi connectivity index (χ1v) is 13.6. The molecule has 0 aliphatic heterocycles. The van der Waals surface area contributed by atoms with Crippen LogP contribution in [0.4, 0.5) is 17.1 Å². The van der Waals surface area contributed by atoms with Crippen LogP contribution in [0.5, 0.6) is 0 Å². The van der Waals surface area contributed by atoms with Gasteiger partial charge in [-0.15, -0.1) is 0 Å². The molecular formula is C36H21N3O2. The van der Waals surface area contributed by atoms with Gasteiger partial charge in [0.15, 0.2) is 5.58 Å². The summed E-state index contributed by atoms with van der Waals surface area (Å²) >= 11 is 0. The van der Waals surface area contributed by atoms with Crippen LogP contribution >= 0.6 is 0 Å². The van der Waals surface area contributed by atoms with Crippen LogP contribution in [0, 0.1) is 0 Å². The minimum atomic E-state index is 0.611. The molecule has 9 aromatic rings. The van der Waals surface area contributed by atoms with E-state index in [9.17, 15) is 0 Å². The summed E-state index contributed by atoms with van der Waals surface area (Å²) in [5, 5.41) is 8.78. The quantitative estimate of drug-likeness (QED) is 0.214. The second kappa shape index (κ2) is 8.41. The third-order valence-electron chi connectivity index (χ3n) is 7.99. The lowest BCUT2D eigenvalue weighted by Crippen LogP contribution is -2.11. The van der Waals surface area contributed by atoms with Gasteiger partial charge in [0.2, 0.25) is 5.71 Å². The normalized spacial score (nSPS) is 11.9. The second-order valence-corrected chi connectivity index (χ2v) is 10.3. The van der Waals surface area contributed by atoms with E-state index in [1.165, 1.54) is 16.2 Å². The molecule has 0 atom stereocenters. The minimum Gasteiger partial charge on any atom is -0.454 e. The highest BCUT2D eigenvalue weighted by Gasteiger charge is 2.24. The highest BCUT2D eigenvalue weighted by atomic mass is 16.3.